The quantitative estimate of drug-likeness (QED) is 0.338. The molecule has 0 radical (unpaired) electrons. The number of aryl methyl sites for hydroxylation is 2. The van der Waals surface area contributed by atoms with E-state index >= 15 is 0 Å². The van der Waals surface area contributed by atoms with Gasteiger partial charge in [0.1, 0.15) is 11.3 Å². The number of fused-ring (bicyclic) bond motifs is 1. The number of furan rings is 1. The van der Waals surface area contributed by atoms with Crippen LogP contribution >= 0.6 is 0 Å². The first-order chi connectivity index (χ1) is 8.10. The SMILES string of the molecule is Cc1cc2cc(N=C(N)NC#N)cc(C)c2o1. The van der Waals surface area contributed by atoms with Gasteiger partial charge in [0.15, 0.2) is 6.19 Å². The summed E-state index contributed by atoms with van der Waals surface area (Å²) >= 11 is 0. The van der Waals surface area contributed by atoms with Crippen molar-refractivity contribution in [2.75, 3.05) is 0 Å². The summed E-state index contributed by atoms with van der Waals surface area (Å²) in [6, 6.07) is 5.66. The number of rotatable bonds is 1. The number of nitrogens with zero attached hydrogens (tertiary/aromatic N) is 2. The third-order valence-corrected chi connectivity index (χ3v) is 2.34. The van der Waals surface area contributed by atoms with Gasteiger partial charge in [-0.05, 0) is 37.6 Å². The van der Waals surface area contributed by atoms with E-state index in [0.717, 1.165) is 22.3 Å². The van der Waals surface area contributed by atoms with Gasteiger partial charge < -0.3 is 10.2 Å². The minimum Gasteiger partial charge on any atom is -0.461 e. The van der Waals surface area contributed by atoms with Gasteiger partial charge in [-0.3, -0.25) is 5.32 Å². The molecule has 1 heterocycles. The van der Waals surface area contributed by atoms with Crippen molar-refractivity contribution in [1.82, 2.24) is 5.32 Å². The van der Waals surface area contributed by atoms with Crippen molar-refractivity contribution < 1.29 is 4.42 Å². The molecule has 0 saturated heterocycles. The van der Waals surface area contributed by atoms with Crippen LogP contribution in [-0.4, -0.2) is 5.96 Å². The summed E-state index contributed by atoms with van der Waals surface area (Å²) in [6.07, 6.45) is 1.72. The van der Waals surface area contributed by atoms with Crippen LogP contribution in [0.15, 0.2) is 27.6 Å². The number of hydrogen-bond acceptors (Lipinski definition) is 3. The zero-order valence-corrected chi connectivity index (χ0v) is 9.61. The van der Waals surface area contributed by atoms with Gasteiger partial charge in [0.05, 0.1) is 5.69 Å². The lowest BCUT2D eigenvalue weighted by molar-refractivity contribution is 0.576. The van der Waals surface area contributed by atoms with Crippen molar-refractivity contribution in [3.05, 3.63) is 29.5 Å². The molecule has 86 valence electrons. The average molecular weight is 228 g/mol. The summed E-state index contributed by atoms with van der Waals surface area (Å²) in [6.45, 7) is 3.84. The van der Waals surface area contributed by atoms with Crippen molar-refractivity contribution in [3.8, 4) is 6.19 Å². The maximum absolute atomic E-state index is 8.41. The van der Waals surface area contributed by atoms with E-state index in [2.05, 4.69) is 10.3 Å². The first kappa shape index (κ1) is 11.0. The second kappa shape index (κ2) is 4.18. The highest BCUT2D eigenvalue weighted by atomic mass is 16.3. The third-order valence-electron chi connectivity index (χ3n) is 2.34. The molecule has 5 nitrogen and oxygen atoms in total. The van der Waals surface area contributed by atoms with Crippen LogP contribution in [0.4, 0.5) is 5.69 Å². The third kappa shape index (κ3) is 2.21. The molecule has 0 aliphatic rings. The van der Waals surface area contributed by atoms with Crippen LogP contribution < -0.4 is 11.1 Å². The molecule has 0 atom stereocenters. The van der Waals surface area contributed by atoms with Crippen LogP contribution in [0.3, 0.4) is 0 Å². The van der Waals surface area contributed by atoms with E-state index in [1.807, 2.05) is 32.0 Å². The smallest absolute Gasteiger partial charge is 0.207 e. The molecule has 0 spiro atoms. The fourth-order valence-corrected chi connectivity index (χ4v) is 1.73. The predicted molar refractivity (Wildman–Crippen MR) is 65.7 cm³/mol. The maximum Gasteiger partial charge on any atom is 0.207 e. The molecule has 5 heteroatoms. The van der Waals surface area contributed by atoms with E-state index in [1.165, 1.54) is 0 Å². The highest BCUT2D eigenvalue weighted by Gasteiger charge is 2.05. The monoisotopic (exact) mass is 228 g/mol. The number of nitrogens with one attached hydrogen (secondary N) is 1. The Morgan fingerprint density at radius 3 is 2.88 bits per heavy atom. The summed E-state index contributed by atoms with van der Waals surface area (Å²) in [4.78, 5) is 4.09. The Morgan fingerprint density at radius 2 is 2.18 bits per heavy atom. The second-order valence-corrected chi connectivity index (χ2v) is 3.77. The number of hydrogen-bond donors (Lipinski definition) is 2. The zero-order chi connectivity index (χ0) is 12.4. The molecular weight excluding hydrogens is 216 g/mol. The summed E-state index contributed by atoms with van der Waals surface area (Å²) in [7, 11) is 0. The second-order valence-electron chi connectivity index (χ2n) is 3.77. The summed E-state index contributed by atoms with van der Waals surface area (Å²) in [5.41, 5.74) is 8.04. The van der Waals surface area contributed by atoms with Crippen LogP contribution in [-0.2, 0) is 0 Å². The standard InChI is InChI=1S/C12H12N4O/c1-7-3-10(16-12(14)15-6-13)5-9-4-8(2)17-11(7)9/h3-5H,1-2H3,(H3,14,15,16). The lowest BCUT2D eigenvalue weighted by atomic mass is 10.1. The van der Waals surface area contributed by atoms with Gasteiger partial charge in [-0.2, -0.15) is 5.26 Å². The molecule has 1 aromatic carbocycles. The Bertz CT molecular complexity index is 634. The normalized spacial score (nSPS) is 11.5. The fraction of sp³-hybridized carbons (Fsp3) is 0.167. The number of guanidine groups is 1. The van der Waals surface area contributed by atoms with Gasteiger partial charge in [0.2, 0.25) is 5.96 Å². The van der Waals surface area contributed by atoms with Gasteiger partial charge in [0, 0.05) is 5.39 Å². The minimum absolute atomic E-state index is 0.0754. The Morgan fingerprint density at radius 1 is 1.41 bits per heavy atom. The van der Waals surface area contributed by atoms with Crippen LogP contribution in [0.25, 0.3) is 11.0 Å². The van der Waals surface area contributed by atoms with E-state index in [-0.39, 0.29) is 5.96 Å². The molecular formula is C12H12N4O. The molecule has 0 bridgehead atoms. The molecule has 0 fully saturated rings. The molecule has 2 rings (SSSR count). The Kier molecular flexibility index (Phi) is 2.71. The maximum atomic E-state index is 8.41. The van der Waals surface area contributed by atoms with Gasteiger partial charge in [0.25, 0.3) is 0 Å². The van der Waals surface area contributed by atoms with Crippen LogP contribution in [0, 0.1) is 25.3 Å². The van der Waals surface area contributed by atoms with Gasteiger partial charge in [-0.25, -0.2) is 4.99 Å². The number of benzene rings is 1. The summed E-state index contributed by atoms with van der Waals surface area (Å²) in [5, 5.41) is 11.7. The van der Waals surface area contributed by atoms with E-state index in [9.17, 15) is 0 Å². The number of nitriles is 1. The van der Waals surface area contributed by atoms with E-state index in [0.29, 0.717) is 5.69 Å². The molecule has 0 saturated carbocycles. The minimum atomic E-state index is 0.0754. The first-order valence-electron chi connectivity index (χ1n) is 5.10. The van der Waals surface area contributed by atoms with Crippen LogP contribution in [0.5, 0.6) is 0 Å². The Balaban J connectivity index is 2.50. The van der Waals surface area contributed by atoms with Gasteiger partial charge in [-0.15, -0.1) is 0 Å². The van der Waals surface area contributed by atoms with Gasteiger partial charge in [-0.1, -0.05) is 0 Å². The van der Waals surface area contributed by atoms with E-state index in [1.54, 1.807) is 6.19 Å². The molecule has 0 amide bonds. The predicted octanol–water partition coefficient (Wildman–Crippen LogP) is 2.07. The van der Waals surface area contributed by atoms with Gasteiger partial charge >= 0.3 is 0 Å². The molecule has 0 unspecified atom stereocenters. The zero-order valence-electron chi connectivity index (χ0n) is 9.61. The highest BCUT2D eigenvalue weighted by molar-refractivity contribution is 5.87. The largest absolute Gasteiger partial charge is 0.461 e. The van der Waals surface area contributed by atoms with E-state index < -0.39 is 0 Å². The fourth-order valence-electron chi connectivity index (χ4n) is 1.73. The lowest BCUT2D eigenvalue weighted by Crippen LogP contribution is -2.26. The van der Waals surface area contributed by atoms with Crippen LogP contribution in [0.1, 0.15) is 11.3 Å². The molecule has 17 heavy (non-hydrogen) atoms. The molecule has 0 aliphatic heterocycles. The molecule has 0 aliphatic carbocycles. The summed E-state index contributed by atoms with van der Waals surface area (Å²) in [5.74, 6) is 0.929. The first-order valence-corrected chi connectivity index (χ1v) is 5.10. The number of aliphatic imine (C=N–C) groups is 1. The van der Waals surface area contributed by atoms with Crippen molar-refractivity contribution >= 4 is 22.6 Å². The van der Waals surface area contributed by atoms with Crippen molar-refractivity contribution in [1.29, 1.82) is 5.26 Å². The molecule has 2 aromatic rings. The summed E-state index contributed by atoms with van der Waals surface area (Å²) < 4.78 is 5.56. The van der Waals surface area contributed by atoms with Crippen molar-refractivity contribution in [3.63, 3.8) is 0 Å². The molecule has 3 N–H and O–H groups in total. The Labute approximate surface area is 98.5 Å². The lowest BCUT2D eigenvalue weighted by Gasteiger charge is -2.00. The van der Waals surface area contributed by atoms with Crippen molar-refractivity contribution in [2.45, 2.75) is 13.8 Å². The average Bonchev–Trinajstić information content (AvgIpc) is 2.59. The number of nitrogens with two attached hydrogens (primary N) is 1. The van der Waals surface area contributed by atoms with E-state index in [4.69, 9.17) is 15.4 Å². The molecule has 1 aromatic heterocycles. The highest BCUT2D eigenvalue weighted by Crippen LogP contribution is 2.27. The topological polar surface area (TPSA) is 87.3 Å². The Hall–Kier alpha value is -2.48. The van der Waals surface area contributed by atoms with Crippen molar-refractivity contribution in [2.24, 2.45) is 10.7 Å². The van der Waals surface area contributed by atoms with Crippen LogP contribution in [0.2, 0.25) is 0 Å².